The number of fused-ring (bicyclic) bond motifs is 1. The van der Waals surface area contributed by atoms with Gasteiger partial charge in [-0.1, -0.05) is 0 Å². The summed E-state index contributed by atoms with van der Waals surface area (Å²) in [5.74, 6) is 1.08. The number of hydrogen-bond donors (Lipinski definition) is 1. The zero-order valence-electron chi connectivity index (χ0n) is 8.47. The fourth-order valence-electron chi connectivity index (χ4n) is 2.07. The third kappa shape index (κ3) is 1.31. The van der Waals surface area contributed by atoms with Gasteiger partial charge in [0, 0.05) is 12.8 Å². The average molecular weight is 218 g/mol. The molecule has 0 aromatic carbocycles. The Hall–Kier alpha value is -1.81. The molecule has 0 saturated carbocycles. The molecular formula is C12H10O4. The maximum absolute atomic E-state index is 11.8. The Morgan fingerprint density at radius 3 is 2.94 bits per heavy atom. The van der Waals surface area contributed by atoms with Crippen LogP contribution in [0.3, 0.4) is 0 Å². The van der Waals surface area contributed by atoms with E-state index in [0.29, 0.717) is 29.1 Å². The zero-order chi connectivity index (χ0) is 11.1. The Bertz CT molecular complexity index is 521. The number of rotatable bonds is 1. The number of Topliss-reactive ketones (excluding diaryl/α,β-unsaturated/α-hetero) is 1. The highest BCUT2D eigenvalue weighted by molar-refractivity contribution is 6.03. The van der Waals surface area contributed by atoms with Crippen LogP contribution in [-0.2, 0) is 6.42 Å². The van der Waals surface area contributed by atoms with Gasteiger partial charge in [-0.25, -0.2) is 0 Å². The van der Waals surface area contributed by atoms with Crippen molar-refractivity contribution in [3.05, 3.63) is 36.0 Å². The Kier molecular flexibility index (Phi) is 1.97. The minimum atomic E-state index is -0.629. The summed E-state index contributed by atoms with van der Waals surface area (Å²) in [6.45, 7) is 0. The Labute approximate surface area is 91.5 Å². The van der Waals surface area contributed by atoms with Crippen molar-refractivity contribution in [2.75, 3.05) is 0 Å². The number of furan rings is 2. The number of ketones is 1. The van der Waals surface area contributed by atoms with Crippen LogP contribution in [0.15, 0.2) is 33.5 Å². The van der Waals surface area contributed by atoms with E-state index in [-0.39, 0.29) is 12.2 Å². The van der Waals surface area contributed by atoms with Crippen molar-refractivity contribution < 1.29 is 18.7 Å². The molecule has 0 amide bonds. The quantitative estimate of drug-likeness (QED) is 0.795. The molecule has 0 spiro atoms. The first-order valence-corrected chi connectivity index (χ1v) is 5.11. The predicted octanol–water partition coefficient (Wildman–Crippen LogP) is 2.03. The third-order valence-electron chi connectivity index (χ3n) is 2.77. The zero-order valence-corrected chi connectivity index (χ0v) is 8.47. The maximum Gasteiger partial charge on any atom is 0.169 e. The first-order valence-electron chi connectivity index (χ1n) is 5.11. The second-order valence-electron chi connectivity index (χ2n) is 3.91. The van der Waals surface area contributed by atoms with Crippen LogP contribution in [-0.4, -0.2) is 17.0 Å². The highest BCUT2D eigenvalue weighted by Gasteiger charge is 2.30. The van der Waals surface area contributed by atoms with Crippen molar-refractivity contribution in [1.82, 2.24) is 0 Å². The van der Waals surface area contributed by atoms with E-state index >= 15 is 0 Å². The largest absolute Gasteiger partial charge is 0.468 e. The van der Waals surface area contributed by atoms with Crippen LogP contribution < -0.4 is 0 Å². The minimum absolute atomic E-state index is 0.0890. The molecule has 0 saturated heterocycles. The van der Waals surface area contributed by atoms with E-state index < -0.39 is 6.10 Å². The first-order chi connectivity index (χ1) is 7.75. The summed E-state index contributed by atoms with van der Waals surface area (Å²) in [5.41, 5.74) is 1.23. The average Bonchev–Trinajstić information content (AvgIpc) is 2.82. The molecule has 0 aliphatic heterocycles. The molecule has 2 heterocycles. The van der Waals surface area contributed by atoms with Crippen LogP contribution in [0.25, 0.3) is 11.3 Å². The summed E-state index contributed by atoms with van der Waals surface area (Å²) >= 11 is 0. The maximum atomic E-state index is 11.8. The molecule has 2 aromatic rings. The van der Waals surface area contributed by atoms with Gasteiger partial charge in [0.1, 0.15) is 17.8 Å². The molecule has 3 rings (SSSR count). The van der Waals surface area contributed by atoms with Crippen LogP contribution >= 0.6 is 0 Å². The SMILES string of the molecule is O=C1CC(O)Cc2occ(-c3ccco3)c21. The van der Waals surface area contributed by atoms with Gasteiger partial charge in [-0.15, -0.1) is 0 Å². The number of carbonyl (C=O) groups is 1. The summed E-state index contributed by atoms with van der Waals surface area (Å²) in [4.78, 5) is 11.8. The molecule has 0 radical (unpaired) electrons. The Morgan fingerprint density at radius 1 is 1.31 bits per heavy atom. The molecular weight excluding hydrogens is 208 g/mol. The minimum Gasteiger partial charge on any atom is -0.468 e. The molecule has 0 fully saturated rings. The lowest BCUT2D eigenvalue weighted by molar-refractivity contribution is 0.0839. The van der Waals surface area contributed by atoms with Gasteiger partial charge in [0.15, 0.2) is 5.78 Å². The van der Waals surface area contributed by atoms with Crippen molar-refractivity contribution in [3.8, 4) is 11.3 Å². The Balaban J connectivity index is 2.14. The number of carbonyl (C=O) groups excluding carboxylic acids is 1. The molecule has 82 valence electrons. The van der Waals surface area contributed by atoms with E-state index in [1.54, 1.807) is 18.4 Å². The fraction of sp³-hybridized carbons (Fsp3) is 0.250. The van der Waals surface area contributed by atoms with E-state index in [9.17, 15) is 9.90 Å². The molecule has 16 heavy (non-hydrogen) atoms. The van der Waals surface area contributed by atoms with Gasteiger partial charge in [-0.2, -0.15) is 0 Å². The molecule has 1 atom stereocenters. The standard InChI is InChI=1S/C12H10O4/c13-7-4-9(14)12-8(6-16-11(12)5-7)10-2-1-3-15-10/h1-3,6-7,13H,4-5H2. The van der Waals surface area contributed by atoms with Gasteiger partial charge in [0.2, 0.25) is 0 Å². The summed E-state index contributed by atoms with van der Waals surface area (Å²) in [5, 5.41) is 9.46. The van der Waals surface area contributed by atoms with Crippen molar-refractivity contribution in [2.24, 2.45) is 0 Å². The van der Waals surface area contributed by atoms with Gasteiger partial charge in [0.05, 0.1) is 23.5 Å². The van der Waals surface area contributed by atoms with Crippen molar-refractivity contribution in [3.63, 3.8) is 0 Å². The monoisotopic (exact) mass is 218 g/mol. The van der Waals surface area contributed by atoms with Crippen LogP contribution in [0, 0.1) is 0 Å². The van der Waals surface area contributed by atoms with E-state index in [1.807, 2.05) is 0 Å². The van der Waals surface area contributed by atoms with Crippen molar-refractivity contribution in [1.29, 1.82) is 0 Å². The van der Waals surface area contributed by atoms with Crippen LogP contribution in [0.1, 0.15) is 22.5 Å². The molecule has 4 heteroatoms. The van der Waals surface area contributed by atoms with Gasteiger partial charge in [0.25, 0.3) is 0 Å². The summed E-state index contributed by atoms with van der Waals surface area (Å²) in [7, 11) is 0. The highest BCUT2D eigenvalue weighted by atomic mass is 16.3. The van der Waals surface area contributed by atoms with Crippen LogP contribution in [0.4, 0.5) is 0 Å². The van der Waals surface area contributed by atoms with Crippen molar-refractivity contribution in [2.45, 2.75) is 18.9 Å². The predicted molar refractivity (Wildman–Crippen MR) is 55.1 cm³/mol. The van der Waals surface area contributed by atoms with Crippen LogP contribution in [0.5, 0.6) is 0 Å². The lowest BCUT2D eigenvalue weighted by Crippen LogP contribution is -2.23. The van der Waals surface area contributed by atoms with E-state index in [0.717, 1.165) is 0 Å². The summed E-state index contributed by atoms with van der Waals surface area (Å²) < 4.78 is 10.6. The molecule has 1 N–H and O–H groups in total. The molecule has 1 aliphatic rings. The summed E-state index contributed by atoms with van der Waals surface area (Å²) in [6, 6.07) is 3.54. The van der Waals surface area contributed by atoms with Gasteiger partial charge < -0.3 is 13.9 Å². The normalized spacial score (nSPS) is 19.8. The fourth-order valence-corrected chi connectivity index (χ4v) is 2.07. The second kappa shape index (κ2) is 3.35. The number of aliphatic hydroxyl groups excluding tert-OH is 1. The van der Waals surface area contributed by atoms with Gasteiger partial charge in [-0.05, 0) is 12.1 Å². The smallest absolute Gasteiger partial charge is 0.169 e. The lowest BCUT2D eigenvalue weighted by atomic mass is 9.91. The van der Waals surface area contributed by atoms with Crippen molar-refractivity contribution >= 4 is 5.78 Å². The first kappa shape index (κ1) is 9.42. The molecule has 2 aromatic heterocycles. The number of hydrogen-bond acceptors (Lipinski definition) is 4. The van der Waals surface area contributed by atoms with Gasteiger partial charge >= 0.3 is 0 Å². The third-order valence-corrected chi connectivity index (χ3v) is 2.77. The Morgan fingerprint density at radius 2 is 2.19 bits per heavy atom. The van der Waals surface area contributed by atoms with Crippen LogP contribution in [0.2, 0.25) is 0 Å². The molecule has 1 unspecified atom stereocenters. The van der Waals surface area contributed by atoms with Gasteiger partial charge in [-0.3, -0.25) is 4.79 Å². The van der Waals surface area contributed by atoms with E-state index in [1.165, 1.54) is 6.26 Å². The van der Waals surface area contributed by atoms with E-state index in [2.05, 4.69) is 0 Å². The second-order valence-corrected chi connectivity index (χ2v) is 3.91. The molecule has 4 nitrogen and oxygen atoms in total. The molecule has 1 aliphatic carbocycles. The topological polar surface area (TPSA) is 63.6 Å². The molecule has 0 bridgehead atoms. The summed E-state index contributed by atoms with van der Waals surface area (Å²) in [6.07, 6.45) is 2.98. The number of aliphatic hydroxyl groups is 1. The lowest BCUT2D eigenvalue weighted by Gasteiger charge is -2.15. The van der Waals surface area contributed by atoms with E-state index in [4.69, 9.17) is 8.83 Å². The highest BCUT2D eigenvalue weighted by Crippen LogP contribution is 2.33.